The topological polar surface area (TPSA) is 3.24 Å². The molecule has 1 fully saturated rings. The monoisotopic (exact) mass is 279 g/mol. The molecule has 0 spiro atoms. The predicted octanol–water partition coefficient (Wildman–Crippen LogP) is 4.46. The standard InChI is InChI=1S/C20H25N/c1-3-8-18(9-4-1)12-13-19-10-7-11-20(16-19)17-21-14-5-2-6-15-21/h1,3-4,7-11,16H,2,5-6,12-15,17H2. The summed E-state index contributed by atoms with van der Waals surface area (Å²) < 4.78 is 0. The molecule has 0 amide bonds. The third-order valence-electron chi connectivity index (χ3n) is 4.39. The zero-order valence-electron chi connectivity index (χ0n) is 12.8. The van der Waals surface area contributed by atoms with Crippen LogP contribution in [0.25, 0.3) is 0 Å². The Kier molecular flexibility index (Phi) is 5.07. The van der Waals surface area contributed by atoms with Gasteiger partial charge in [-0.05, 0) is 55.5 Å². The lowest BCUT2D eigenvalue weighted by atomic mass is 10.0. The van der Waals surface area contributed by atoms with Crippen LogP contribution in [-0.2, 0) is 19.4 Å². The molecule has 21 heavy (non-hydrogen) atoms. The van der Waals surface area contributed by atoms with Crippen LogP contribution < -0.4 is 0 Å². The first kappa shape index (κ1) is 14.3. The van der Waals surface area contributed by atoms with Crippen LogP contribution in [0.4, 0.5) is 0 Å². The molecule has 0 bridgehead atoms. The summed E-state index contributed by atoms with van der Waals surface area (Å²) in [6, 6.07) is 19.9. The average Bonchev–Trinajstić information content (AvgIpc) is 2.55. The van der Waals surface area contributed by atoms with Gasteiger partial charge in [0, 0.05) is 6.54 Å². The number of hydrogen-bond donors (Lipinski definition) is 0. The predicted molar refractivity (Wildman–Crippen MR) is 89.4 cm³/mol. The molecular formula is C20H25N. The van der Waals surface area contributed by atoms with Crippen LogP contribution in [0.3, 0.4) is 0 Å². The molecule has 1 heteroatoms. The summed E-state index contributed by atoms with van der Waals surface area (Å²) in [5.74, 6) is 0. The van der Waals surface area contributed by atoms with Crippen molar-refractivity contribution in [2.45, 2.75) is 38.6 Å². The minimum atomic E-state index is 1.12. The number of nitrogens with zero attached hydrogens (tertiary/aromatic N) is 1. The Hall–Kier alpha value is -1.60. The first-order valence-electron chi connectivity index (χ1n) is 8.24. The highest BCUT2D eigenvalue weighted by atomic mass is 15.1. The second-order valence-electron chi connectivity index (χ2n) is 6.14. The van der Waals surface area contributed by atoms with Gasteiger partial charge in [-0.2, -0.15) is 0 Å². The van der Waals surface area contributed by atoms with E-state index in [-0.39, 0.29) is 0 Å². The van der Waals surface area contributed by atoms with Crippen molar-refractivity contribution in [1.29, 1.82) is 0 Å². The summed E-state index contributed by atoms with van der Waals surface area (Å²) in [5, 5.41) is 0. The molecule has 2 aromatic rings. The zero-order chi connectivity index (χ0) is 14.3. The number of aryl methyl sites for hydroxylation is 2. The summed E-state index contributed by atoms with van der Waals surface area (Å²) in [6.45, 7) is 3.67. The summed E-state index contributed by atoms with van der Waals surface area (Å²) >= 11 is 0. The lowest BCUT2D eigenvalue weighted by Gasteiger charge is -2.26. The Morgan fingerprint density at radius 1 is 0.667 bits per heavy atom. The molecule has 1 saturated heterocycles. The molecule has 0 unspecified atom stereocenters. The summed E-state index contributed by atoms with van der Waals surface area (Å²) in [6.07, 6.45) is 6.42. The third kappa shape index (κ3) is 4.44. The Morgan fingerprint density at radius 3 is 2.14 bits per heavy atom. The molecule has 3 rings (SSSR count). The fourth-order valence-corrected chi connectivity index (χ4v) is 3.19. The lowest BCUT2D eigenvalue weighted by molar-refractivity contribution is 0.221. The Labute approximate surface area is 128 Å². The van der Waals surface area contributed by atoms with Crippen LogP contribution in [0.2, 0.25) is 0 Å². The SMILES string of the molecule is c1ccc(CCc2cccc(CN3CCCCC3)c2)cc1. The van der Waals surface area contributed by atoms with E-state index in [1.807, 2.05) is 0 Å². The van der Waals surface area contributed by atoms with E-state index in [0.717, 1.165) is 19.4 Å². The van der Waals surface area contributed by atoms with Gasteiger partial charge in [-0.3, -0.25) is 4.90 Å². The van der Waals surface area contributed by atoms with Crippen molar-refractivity contribution in [1.82, 2.24) is 4.90 Å². The normalized spacial score (nSPS) is 16.0. The van der Waals surface area contributed by atoms with E-state index in [9.17, 15) is 0 Å². The fraction of sp³-hybridized carbons (Fsp3) is 0.400. The van der Waals surface area contributed by atoms with Gasteiger partial charge in [0.1, 0.15) is 0 Å². The summed E-state index contributed by atoms with van der Waals surface area (Å²) in [7, 11) is 0. The highest BCUT2D eigenvalue weighted by Crippen LogP contribution is 2.15. The molecule has 0 radical (unpaired) electrons. The average molecular weight is 279 g/mol. The van der Waals surface area contributed by atoms with Crippen LogP contribution in [0.1, 0.15) is 36.0 Å². The molecule has 0 N–H and O–H groups in total. The van der Waals surface area contributed by atoms with Crippen LogP contribution in [-0.4, -0.2) is 18.0 Å². The van der Waals surface area contributed by atoms with Gasteiger partial charge in [-0.15, -0.1) is 0 Å². The van der Waals surface area contributed by atoms with E-state index >= 15 is 0 Å². The lowest BCUT2D eigenvalue weighted by Crippen LogP contribution is -2.29. The van der Waals surface area contributed by atoms with Gasteiger partial charge in [0.2, 0.25) is 0 Å². The summed E-state index contributed by atoms with van der Waals surface area (Å²) in [5.41, 5.74) is 4.37. The van der Waals surface area contributed by atoms with Crippen molar-refractivity contribution in [3.05, 3.63) is 71.3 Å². The van der Waals surface area contributed by atoms with E-state index in [2.05, 4.69) is 59.5 Å². The maximum Gasteiger partial charge on any atom is 0.0233 e. The molecule has 0 saturated carbocycles. The van der Waals surface area contributed by atoms with Crippen molar-refractivity contribution in [2.75, 3.05) is 13.1 Å². The van der Waals surface area contributed by atoms with Gasteiger partial charge in [0.05, 0.1) is 0 Å². The van der Waals surface area contributed by atoms with Gasteiger partial charge >= 0.3 is 0 Å². The minimum absolute atomic E-state index is 1.12. The highest BCUT2D eigenvalue weighted by Gasteiger charge is 2.10. The largest absolute Gasteiger partial charge is 0.299 e. The molecule has 2 aromatic carbocycles. The van der Waals surface area contributed by atoms with Crippen molar-refractivity contribution < 1.29 is 0 Å². The van der Waals surface area contributed by atoms with Crippen LogP contribution in [0.15, 0.2) is 54.6 Å². The maximum atomic E-state index is 2.60. The third-order valence-corrected chi connectivity index (χ3v) is 4.39. The second-order valence-corrected chi connectivity index (χ2v) is 6.14. The quantitative estimate of drug-likeness (QED) is 0.781. The Bertz CT molecular complexity index is 541. The van der Waals surface area contributed by atoms with Crippen LogP contribution in [0, 0.1) is 0 Å². The molecular weight excluding hydrogens is 254 g/mol. The minimum Gasteiger partial charge on any atom is -0.299 e. The second kappa shape index (κ2) is 7.42. The maximum absolute atomic E-state index is 2.60. The number of piperidine rings is 1. The van der Waals surface area contributed by atoms with E-state index in [1.54, 1.807) is 0 Å². The van der Waals surface area contributed by atoms with Gasteiger partial charge in [0.25, 0.3) is 0 Å². The number of benzene rings is 2. The number of likely N-dealkylation sites (tertiary alicyclic amines) is 1. The molecule has 0 aromatic heterocycles. The van der Waals surface area contributed by atoms with E-state index < -0.39 is 0 Å². The molecule has 0 aliphatic carbocycles. The van der Waals surface area contributed by atoms with Gasteiger partial charge < -0.3 is 0 Å². The molecule has 0 atom stereocenters. The smallest absolute Gasteiger partial charge is 0.0233 e. The Balaban J connectivity index is 1.57. The van der Waals surface area contributed by atoms with Crippen molar-refractivity contribution in [3.63, 3.8) is 0 Å². The van der Waals surface area contributed by atoms with E-state index in [4.69, 9.17) is 0 Å². The van der Waals surface area contributed by atoms with Crippen molar-refractivity contribution >= 4 is 0 Å². The molecule has 1 nitrogen and oxygen atoms in total. The van der Waals surface area contributed by atoms with Gasteiger partial charge in [0.15, 0.2) is 0 Å². The Morgan fingerprint density at radius 2 is 1.33 bits per heavy atom. The van der Waals surface area contributed by atoms with E-state index in [0.29, 0.717) is 0 Å². The van der Waals surface area contributed by atoms with E-state index in [1.165, 1.54) is 49.0 Å². The molecule has 1 aliphatic rings. The molecule has 110 valence electrons. The zero-order valence-corrected chi connectivity index (χ0v) is 12.8. The first-order chi connectivity index (χ1) is 10.4. The molecule has 1 aliphatic heterocycles. The van der Waals surface area contributed by atoms with Gasteiger partial charge in [-0.1, -0.05) is 61.0 Å². The van der Waals surface area contributed by atoms with Gasteiger partial charge in [-0.25, -0.2) is 0 Å². The van der Waals surface area contributed by atoms with Crippen molar-refractivity contribution in [3.8, 4) is 0 Å². The number of rotatable bonds is 5. The first-order valence-corrected chi connectivity index (χ1v) is 8.24. The van der Waals surface area contributed by atoms with Crippen LogP contribution >= 0.6 is 0 Å². The van der Waals surface area contributed by atoms with Crippen LogP contribution in [0.5, 0.6) is 0 Å². The highest BCUT2D eigenvalue weighted by molar-refractivity contribution is 5.25. The fourth-order valence-electron chi connectivity index (χ4n) is 3.19. The molecule has 1 heterocycles. The van der Waals surface area contributed by atoms with Crippen molar-refractivity contribution in [2.24, 2.45) is 0 Å². The summed E-state index contributed by atoms with van der Waals surface area (Å²) in [4.78, 5) is 2.60. The number of hydrogen-bond acceptors (Lipinski definition) is 1.